The van der Waals surface area contributed by atoms with Crippen LogP contribution in [0, 0.1) is 0 Å². The molecule has 0 bridgehead atoms. The van der Waals surface area contributed by atoms with E-state index in [4.69, 9.17) is 4.74 Å². The van der Waals surface area contributed by atoms with Crippen LogP contribution in [0.4, 0.5) is 13.2 Å². The van der Waals surface area contributed by atoms with E-state index in [0.717, 1.165) is 12.3 Å². The Bertz CT molecular complexity index is 1090. The van der Waals surface area contributed by atoms with Crippen molar-refractivity contribution in [3.63, 3.8) is 0 Å². The van der Waals surface area contributed by atoms with Crippen LogP contribution in [0.1, 0.15) is 38.0 Å². The number of fused-ring (bicyclic) bond motifs is 1. The molecule has 2 rings (SSSR count). The number of hydrogen-bond acceptors (Lipinski definition) is 5. The highest BCUT2D eigenvalue weighted by molar-refractivity contribution is 7.91. The van der Waals surface area contributed by atoms with Gasteiger partial charge in [-0.25, -0.2) is 18.0 Å². The van der Waals surface area contributed by atoms with Gasteiger partial charge in [0.2, 0.25) is 10.0 Å². The molecule has 0 fully saturated rings. The summed E-state index contributed by atoms with van der Waals surface area (Å²) in [6.45, 7) is 4.69. The first-order valence-corrected chi connectivity index (χ1v) is 9.63. The van der Waals surface area contributed by atoms with E-state index in [2.05, 4.69) is 4.98 Å². The summed E-state index contributed by atoms with van der Waals surface area (Å²) in [5.74, 6) is 0. The topological polar surface area (TPSA) is 110 Å². The Morgan fingerprint density at radius 2 is 1.78 bits per heavy atom. The zero-order valence-electron chi connectivity index (χ0n) is 14.8. The van der Waals surface area contributed by atoms with Gasteiger partial charge in [0.05, 0.1) is 34.9 Å². The number of ether oxygens (including phenoxy) is 1. The van der Waals surface area contributed by atoms with Gasteiger partial charge in [-0.2, -0.15) is 17.8 Å². The summed E-state index contributed by atoms with van der Waals surface area (Å²) in [5, 5.41) is -0.298. The van der Waals surface area contributed by atoms with Gasteiger partial charge in [0, 0.05) is 0 Å². The van der Waals surface area contributed by atoms with Crippen molar-refractivity contribution in [1.29, 1.82) is 0 Å². The molecule has 1 heterocycles. The number of alkyl halides is 3. The Kier molecular flexibility index (Phi) is 5.44. The van der Waals surface area contributed by atoms with E-state index in [-0.39, 0.29) is 27.2 Å². The van der Waals surface area contributed by atoms with Gasteiger partial charge < -0.3 is 9.72 Å². The molecule has 0 aliphatic carbocycles. The van der Waals surface area contributed by atoms with Crippen molar-refractivity contribution < 1.29 is 26.3 Å². The summed E-state index contributed by atoms with van der Waals surface area (Å²) in [6.07, 6.45) is -5.42. The molecule has 0 amide bonds. The van der Waals surface area contributed by atoms with Crippen molar-refractivity contribution in [2.45, 2.75) is 39.2 Å². The fourth-order valence-electron chi connectivity index (χ4n) is 2.59. The molecule has 0 saturated carbocycles. The molecule has 27 heavy (non-hydrogen) atoms. The number of aromatic amines is 1. The lowest BCUT2D eigenvalue weighted by Gasteiger charge is -2.21. The fraction of sp³-hybridized carbons (Fsp3) is 0.467. The molecule has 0 radical (unpaired) electrons. The first-order chi connectivity index (χ1) is 12.2. The highest BCUT2D eigenvalue weighted by Gasteiger charge is 2.36. The average molecular weight is 409 g/mol. The van der Waals surface area contributed by atoms with Crippen LogP contribution in [0.25, 0.3) is 10.9 Å². The minimum atomic E-state index is -4.76. The zero-order valence-corrected chi connectivity index (χ0v) is 15.7. The van der Waals surface area contributed by atoms with Gasteiger partial charge in [0.15, 0.2) is 0 Å². The maximum absolute atomic E-state index is 13.5. The van der Waals surface area contributed by atoms with E-state index < -0.39 is 39.1 Å². The largest absolute Gasteiger partial charge is 0.416 e. The van der Waals surface area contributed by atoms with Gasteiger partial charge in [-0.05, 0) is 38.5 Å². The lowest BCUT2D eigenvalue weighted by molar-refractivity contribution is -0.139. The zero-order chi connectivity index (χ0) is 20.7. The Balaban J connectivity index is 2.84. The summed E-state index contributed by atoms with van der Waals surface area (Å²) >= 11 is 0. The first kappa shape index (κ1) is 21.0. The Morgan fingerprint density at radius 3 is 2.26 bits per heavy atom. The number of nitrogens with zero attached hydrogens (tertiary/aromatic N) is 1. The van der Waals surface area contributed by atoms with Crippen LogP contribution in [0.3, 0.4) is 0 Å². The van der Waals surface area contributed by atoms with E-state index in [0.29, 0.717) is 6.07 Å². The minimum Gasteiger partial charge on any atom is -0.371 e. The van der Waals surface area contributed by atoms with Crippen molar-refractivity contribution in [3.05, 3.63) is 44.1 Å². The molecule has 2 N–H and O–H groups in total. The van der Waals surface area contributed by atoms with Crippen LogP contribution in [0.15, 0.2) is 21.7 Å². The Hall–Kier alpha value is -2.34. The van der Waals surface area contributed by atoms with Crippen LogP contribution in [0.2, 0.25) is 0 Å². The number of benzene rings is 1. The van der Waals surface area contributed by atoms with Gasteiger partial charge in [-0.15, -0.1) is 0 Å². The van der Waals surface area contributed by atoms with Crippen LogP contribution in [0.5, 0.6) is 0 Å². The molecule has 1 aromatic heterocycles. The number of aromatic nitrogens is 2. The number of sulfonamides is 1. The summed E-state index contributed by atoms with van der Waals surface area (Å²) < 4.78 is 68.6. The summed E-state index contributed by atoms with van der Waals surface area (Å²) in [7, 11) is -3.98. The Labute approximate surface area is 152 Å². The highest BCUT2D eigenvalue weighted by Crippen LogP contribution is 2.37. The molecular weight excluding hydrogens is 391 g/mol. The van der Waals surface area contributed by atoms with E-state index in [9.17, 15) is 31.2 Å². The maximum Gasteiger partial charge on any atom is 0.416 e. The highest BCUT2D eigenvalue weighted by atomic mass is 32.2. The van der Waals surface area contributed by atoms with Crippen molar-refractivity contribution in [2.24, 2.45) is 0 Å². The van der Waals surface area contributed by atoms with Gasteiger partial charge >= 0.3 is 11.9 Å². The molecule has 1 atom stereocenters. The molecule has 12 heteroatoms. The second-order valence-corrected chi connectivity index (χ2v) is 7.97. The second kappa shape index (κ2) is 7.00. The van der Waals surface area contributed by atoms with Gasteiger partial charge in [-0.3, -0.25) is 4.79 Å². The monoisotopic (exact) mass is 409 g/mol. The molecule has 0 saturated heterocycles. The molecule has 1 aromatic carbocycles. The van der Waals surface area contributed by atoms with E-state index >= 15 is 0 Å². The first-order valence-electron chi connectivity index (χ1n) is 7.74. The third kappa shape index (κ3) is 4.69. The molecule has 2 aromatic rings. The SMILES string of the molecule is CC(C)O[C@H](C)c1cc2c(=O)n(NS(C)(=O)=O)c(=O)[nH]c2cc1C(F)(F)F. The number of H-pyrrole nitrogens is 1. The smallest absolute Gasteiger partial charge is 0.371 e. The van der Waals surface area contributed by atoms with Crippen LogP contribution in [-0.4, -0.2) is 30.4 Å². The van der Waals surface area contributed by atoms with Crippen LogP contribution >= 0.6 is 0 Å². The molecule has 8 nitrogen and oxygen atoms in total. The van der Waals surface area contributed by atoms with Crippen molar-refractivity contribution in [1.82, 2.24) is 9.66 Å². The normalized spacial score (nSPS) is 13.9. The van der Waals surface area contributed by atoms with Gasteiger partial charge in [0.1, 0.15) is 0 Å². The van der Waals surface area contributed by atoms with Crippen molar-refractivity contribution in [2.75, 3.05) is 11.1 Å². The number of halogens is 3. The minimum absolute atomic E-state index is 0.183. The Morgan fingerprint density at radius 1 is 1.19 bits per heavy atom. The van der Waals surface area contributed by atoms with Gasteiger partial charge in [-0.1, -0.05) is 0 Å². The average Bonchev–Trinajstić information content (AvgIpc) is 2.48. The standard InChI is InChI=1S/C15H18F3N3O5S/c1-7(2)26-8(3)9-5-10-12(6-11(9)15(16,17)18)19-14(23)21(13(10)22)20-27(4,24)25/h5-8,20H,1-4H3,(H,19,23)/t8-/m1/s1. The van der Waals surface area contributed by atoms with E-state index in [1.807, 2.05) is 0 Å². The van der Waals surface area contributed by atoms with Crippen LogP contribution in [-0.2, 0) is 20.9 Å². The molecule has 0 aliphatic heterocycles. The number of rotatable bonds is 5. The lowest BCUT2D eigenvalue weighted by Crippen LogP contribution is -2.43. The van der Waals surface area contributed by atoms with E-state index in [1.54, 1.807) is 18.7 Å². The molecule has 0 unspecified atom stereocenters. The van der Waals surface area contributed by atoms with Crippen LogP contribution < -0.4 is 16.1 Å². The predicted molar refractivity (Wildman–Crippen MR) is 92.7 cm³/mol. The summed E-state index contributed by atoms with van der Waals surface area (Å²) in [4.78, 5) is 28.2. The third-order valence-electron chi connectivity index (χ3n) is 3.54. The molecule has 0 aliphatic rings. The fourth-order valence-corrected chi connectivity index (χ4v) is 3.09. The lowest BCUT2D eigenvalue weighted by atomic mass is 10.00. The molecule has 0 spiro atoms. The van der Waals surface area contributed by atoms with Gasteiger partial charge in [0.25, 0.3) is 5.56 Å². The predicted octanol–water partition coefficient (Wildman–Crippen LogP) is 1.70. The van der Waals surface area contributed by atoms with Crippen molar-refractivity contribution >= 4 is 20.9 Å². The number of hydrogen-bond donors (Lipinski definition) is 2. The molecule has 150 valence electrons. The molecular formula is C15H18F3N3O5S. The quantitative estimate of drug-likeness (QED) is 0.781. The van der Waals surface area contributed by atoms with Crippen molar-refractivity contribution in [3.8, 4) is 0 Å². The van der Waals surface area contributed by atoms with E-state index in [1.165, 1.54) is 6.92 Å². The third-order valence-corrected chi connectivity index (χ3v) is 4.06. The number of nitrogens with one attached hydrogen (secondary N) is 2. The maximum atomic E-state index is 13.5. The summed E-state index contributed by atoms with van der Waals surface area (Å²) in [6, 6.07) is 1.59. The summed E-state index contributed by atoms with van der Waals surface area (Å²) in [5.41, 5.74) is -4.06. The second-order valence-electron chi connectivity index (χ2n) is 6.24.